The smallest absolute Gasteiger partial charge is 0.244 e. The van der Waals surface area contributed by atoms with Crippen LogP contribution in [0.5, 0.6) is 5.75 Å². The average molecular weight is 482 g/mol. The standard InChI is InChI=1S/C22H28ClN3O5S/c1-5-31-19-12-10-18(11-13-19)26(32(4,29)30)15-21(27)25(16(2)22(28)24-3)14-17-8-6-7-9-20(17)23/h6-13,16H,5,14-15H2,1-4H3,(H,24,28)/t16-/m1/s1. The number of hydrogen-bond acceptors (Lipinski definition) is 5. The van der Waals surface area contributed by atoms with Gasteiger partial charge in [0.25, 0.3) is 0 Å². The van der Waals surface area contributed by atoms with Gasteiger partial charge in [-0.15, -0.1) is 0 Å². The summed E-state index contributed by atoms with van der Waals surface area (Å²) in [5.41, 5.74) is 0.958. The molecule has 10 heteroatoms. The molecule has 1 N–H and O–H groups in total. The number of nitrogens with zero attached hydrogens (tertiary/aromatic N) is 2. The van der Waals surface area contributed by atoms with Crippen LogP contribution in [0.2, 0.25) is 5.02 Å². The van der Waals surface area contributed by atoms with Crippen LogP contribution in [0.15, 0.2) is 48.5 Å². The van der Waals surface area contributed by atoms with Gasteiger partial charge < -0.3 is 15.0 Å². The number of anilines is 1. The molecule has 2 aromatic carbocycles. The molecule has 0 aromatic heterocycles. The third-order valence-corrected chi connectivity index (χ3v) is 6.34. The molecule has 0 aliphatic rings. The summed E-state index contributed by atoms with van der Waals surface area (Å²) in [4.78, 5) is 26.9. The molecule has 0 aliphatic heterocycles. The van der Waals surface area contributed by atoms with Gasteiger partial charge in [-0.25, -0.2) is 8.42 Å². The summed E-state index contributed by atoms with van der Waals surface area (Å²) in [5, 5.41) is 2.97. The first-order valence-corrected chi connectivity index (χ1v) is 12.3. The highest BCUT2D eigenvalue weighted by Gasteiger charge is 2.30. The average Bonchev–Trinajstić information content (AvgIpc) is 2.76. The molecule has 32 heavy (non-hydrogen) atoms. The second-order valence-corrected chi connectivity index (χ2v) is 9.41. The number of amides is 2. The fourth-order valence-corrected chi connectivity index (χ4v) is 4.14. The van der Waals surface area contributed by atoms with Crippen molar-refractivity contribution in [1.29, 1.82) is 0 Å². The molecule has 0 radical (unpaired) electrons. The summed E-state index contributed by atoms with van der Waals surface area (Å²) in [5.74, 6) is -0.331. The Morgan fingerprint density at radius 3 is 2.28 bits per heavy atom. The molecule has 1 atom stereocenters. The normalized spacial score (nSPS) is 12.0. The summed E-state index contributed by atoms with van der Waals surface area (Å²) in [6, 6.07) is 12.5. The van der Waals surface area contributed by atoms with Crippen molar-refractivity contribution in [2.75, 3.05) is 30.8 Å². The van der Waals surface area contributed by atoms with E-state index in [1.807, 2.05) is 6.92 Å². The number of rotatable bonds is 10. The molecule has 0 saturated carbocycles. The highest BCUT2D eigenvalue weighted by molar-refractivity contribution is 7.92. The maximum Gasteiger partial charge on any atom is 0.244 e. The van der Waals surface area contributed by atoms with E-state index in [1.54, 1.807) is 55.5 Å². The summed E-state index contributed by atoms with van der Waals surface area (Å²) in [7, 11) is -2.31. The Kier molecular flexibility index (Phi) is 8.91. The molecule has 0 saturated heterocycles. The highest BCUT2D eigenvalue weighted by atomic mass is 35.5. The van der Waals surface area contributed by atoms with Crippen molar-refractivity contribution < 1.29 is 22.7 Å². The van der Waals surface area contributed by atoms with Crippen LogP contribution in [-0.2, 0) is 26.2 Å². The molecule has 2 rings (SSSR count). The van der Waals surface area contributed by atoms with Gasteiger partial charge in [-0.05, 0) is 49.7 Å². The van der Waals surface area contributed by atoms with Crippen LogP contribution in [0, 0.1) is 0 Å². The quantitative estimate of drug-likeness (QED) is 0.562. The van der Waals surface area contributed by atoms with E-state index in [0.717, 1.165) is 10.6 Å². The fourth-order valence-electron chi connectivity index (χ4n) is 3.09. The lowest BCUT2D eigenvalue weighted by atomic mass is 10.1. The van der Waals surface area contributed by atoms with Crippen LogP contribution in [0.1, 0.15) is 19.4 Å². The van der Waals surface area contributed by atoms with E-state index < -0.39 is 28.5 Å². The van der Waals surface area contributed by atoms with E-state index >= 15 is 0 Å². The lowest BCUT2D eigenvalue weighted by Crippen LogP contribution is -2.50. The Morgan fingerprint density at radius 1 is 1.12 bits per heavy atom. The van der Waals surface area contributed by atoms with Crippen molar-refractivity contribution in [2.45, 2.75) is 26.4 Å². The van der Waals surface area contributed by atoms with E-state index in [9.17, 15) is 18.0 Å². The van der Waals surface area contributed by atoms with Gasteiger partial charge in [0.05, 0.1) is 18.6 Å². The van der Waals surface area contributed by atoms with Crippen molar-refractivity contribution in [1.82, 2.24) is 10.2 Å². The molecule has 8 nitrogen and oxygen atoms in total. The zero-order chi connectivity index (χ0) is 23.9. The van der Waals surface area contributed by atoms with Gasteiger partial charge >= 0.3 is 0 Å². The highest BCUT2D eigenvalue weighted by Crippen LogP contribution is 2.23. The predicted octanol–water partition coefficient (Wildman–Crippen LogP) is 2.67. The molecule has 0 unspecified atom stereocenters. The molecule has 0 bridgehead atoms. The molecule has 0 fully saturated rings. The van der Waals surface area contributed by atoms with Gasteiger partial charge in [-0.3, -0.25) is 13.9 Å². The van der Waals surface area contributed by atoms with Crippen molar-refractivity contribution >= 4 is 39.1 Å². The number of likely N-dealkylation sites (N-methyl/N-ethyl adjacent to an activating group) is 1. The topological polar surface area (TPSA) is 96.0 Å². The Labute approximate surface area is 194 Å². The molecule has 174 valence electrons. The Balaban J connectivity index is 2.36. The summed E-state index contributed by atoms with van der Waals surface area (Å²) >= 11 is 6.25. The maximum atomic E-state index is 13.3. The molecular formula is C22H28ClN3O5S. The monoisotopic (exact) mass is 481 g/mol. The minimum absolute atomic E-state index is 0.0496. The molecule has 2 amide bonds. The zero-order valence-electron chi connectivity index (χ0n) is 18.5. The van der Waals surface area contributed by atoms with E-state index in [4.69, 9.17) is 16.3 Å². The number of carbonyl (C=O) groups is 2. The molecule has 0 aliphatic carbocycles. The Bertz CT molecular complexity index is 1040. The number of ether oxygens (including phenoxy) is 1. The maximum absolute atomic E-state index is 13.3. The predicted molar refractivity (Wildman–Crippen MR) is 125 cm³/mol. The first-order chi connectivity index (χ1) is 15.1. The number of halogens is 1. The van der Waals surface area contributed by atoms with Gasteiger partial charge in [0.15, 0.2) is 0 Å². The Morgan fingerprint density at radius 2 is 1.75 bits per heavy atom. The van der Waals surface area contributed by atoms with E-state index in [-0.39, 0.29) is 12.5 Å². The lowest BCUT2D eigenvalue weighted by Gasteiger charge is -2.31. The van der Waals surface area contributed by atoms with Gasteiger partial charge in [-0.1, -0.05) is 29.8 Å². The fraction of sp³-hybridized carbons (Fsp3) is 0.364. The van der Waals surface area contributed by atoms with Gasteiger partial charge in [0.2, 0.25) is 21.8 Å². The first kappa shape index (κ1) is 25.5. The van der Waals surface area contributed by atoms with Crippen LogP contribution in [0.4, 0.5) is 5.69 Å². The van der Waals surface area contributed by atoms with Gasteiger partial charge in [-0.2, -0.15) is 0 Å². The first-order valence-electron chi connectivity index (χ1n) is 10.0. The van der Waals surface area contributed by atoms with Crippen molar-refractivity contribution in [2.24, 2.45) is 0 Å². The molecular weight excluding hydrogens is 454 g/mol. The minimum atomic E-state index is -3.79. The third kappa shape index (κ3) is 6.61. The second kappa shape index (κ2) is 11.2. The summed E-state index contributed by atoms with van der Waals surface area (Å²) in [6.45, 7) is 3.47. The van der Waals surface area contributed by atoms with Crippen LogP contribution >= 0.6 is 11.6 Å². The van der Waals surface area contributed by atoms with Crippen molar-refractivity contribution in [3.05, 3.63) is 59.1 Å². The second-order valence-electron chi connectivity index (χ2n) is 7.10. The van der Waals surface area contributed by atoms with Crippen LogP contribution in [0.3, 0.4) is 0 Å². The minimum Gasteiger partial charge on any atom is -0.494 e. The largest absolute Gasteiger partial charge is 0.494 e. The molecule has 0 spiro atoms. The number of hydrogen-bond donors (Lipinski definition) is 1. The number of nitrogens with one attached hydrogen (secondary N) is 1. The van der Waals surface area contributed by atoms with Crippen molar-refractivity contribution in [3.63, 3.8) is 0 Å². The van der Waals surface area contributed by atoms with Crippen LogP contribution in [0.25, 0.3) is 0 Å². The van der Waals surface area contributed by atoms with E-state index in [1.165, 1.54) is 11.9 Å². The van der Waals surface area contributed by atoms with Gasteiger partial charge in [0, 0.05) is 18.6 Å². The van der Waals surface area contributed by atoms with E-state index in [0.29, 0.717) is 28.6 Å². The van der Waals surface area contributed by atoms with E-state index in [2.05, 4.69) is 5.32 Å². The van der Waals surface area contributed by atoms with Crippen molar-refractivity contribution in [3.8, 4) is 5.75 Å². The molecule has 0 heterocycles. The number of carbonyl (C=O) groups excluding carboxylic acids is 2. The molecule has 2 aromatic rings. The lowest BCUT2D eigenvalue weighted by molar-refractivity contribution is -0.139. The SMILES string of the molecule is CCOc1ccc(N(CC(=O)N(Cc2ccccc2Cl)[C@H](C)C(=O)NC)S(C)(=O)=O)cc1. The third-order valence-electron chi connectivity index (χ3n) is 4.83. The summed E-state index contributed by atoms with van der Waals surface area (Å²) < 4.78 is 31.4. The number of benzene rings is 2. The van der Waals surface area contributed by atoms with Crippen LogP contribution < -0.4 is 14.4 Å². The number of sulfonamides is 1. The summed E-state index contributed by atoms with van der Waals surface area (Å²) in [6.07, 6.45) is 1.03. The Hall–Kier alpha value is -2.78. The van der Waals surface area contributed by atoms with Crippen LogP contribution in [-0.4, -0.2) is 57.6 Å². The zero-order valence-corrected chi connectivity index (χ0v) is 20.1. The van der Waals surface area contributed by atoms with Gasteiger partial charge in [0.1, 0.15) is 18.3 Å².